The molecular weight excluding hydrogens is 298 g/mol. The molecule has 0 saturated carbocycles. The van der Waals surface area contributed by atoms with Crippen LogP contribution in [0.5, 0.6) is 0 Å². The predicted octanol–water partition coefficient (Wildman–Crippen LogP) is 0.419. The van der Waals surface area contributed by atoms with E-state index in [1.54, 1.807) is 31.2 Å². The Labute approximate surface area is 127 Å². The average molecular weight is 314 g/mol. The van der Waals surface area contributed by atoms with Crippen LogP contribution < -0.4 is 11.1 Å². The van der Waals surface area contributed by atoms with Gasteiger partial charge in [-0.05, 0) is 18.1 Å². The van der Waals surface area contributed by atoms with Crippen LogP contribution in [0.1, 0.15) is 18.1 Å². The van der Waals surface area contributed by atoms with Gasteiger partial charge in [0.05, 0.1) is 0 Å². The van der Waals surface area contributed by atoms with E-state index in [1.165, 1.54) is 0 Å². The summed E-state index contributed by atoms with van der Waals surface area (Å²) in [7, 11) is 0. The number of rotatable bonds is 4. The molecule has 0 aliphatic carbocycles. The number of aliphatic carboxylic acids is 1. The summed E-state index contributed by atoms with van der Waals surface area (Å²) < 4.78 is 0. The minimum Gasteiger partial charge on any atom is -0.480 e. The van der Waals surface area contributed by atoms with Crippen molar-refractivity contribution in [2.75, 3.05) is 6.54 Å². The minimum atomic E-state index is -1.25. The highest BCUT2D eigenvalue weighted by Gasteiger charge is 2.49. The molecule has 1 fully saturated rings. The topological polar surface area (TPSA) is 113 Å². The van der Waals surface area contributed by atoms with Crippen molar-refractivity contribution in [3.05, 3.63) is 35.4 Å². The molecule has 21 heavy (non-hydrogen) atoms. The Morgan fingerprint density at radius 3 is 2.38 bits per heavy atom. The van der Waals surface area contributed by atoms with E-state index < -0.39 is 30.0 Å². The zero-order valence-electron chi connectivity index (χ0n) is 11.3. The summed E-state index contributed by atoms with van der Waals surface area (Å²) >= 11 is 0. The van der Waals surface area contributed by atoms with E-state index in [2.05, 4.69) is 5.32 Å². The lowest BCUT2D eigenvalue weighted by Crippen LogP contribution is -2.41. The number of carboxylic acids is 1. The van der Waals surface area contributed by atoms with Gasteiger partial charge in [0.25, 0.3) is 5.91 Å². The molecule has 1 heterocycles. The third-order valence-electron chi connectivity index (χ3n) is 3.34. The fraction of sp³-hybridized carbons (Fsp3) is 0.308. The van der Waals surface area contributed by atoms with E-state index in [4.69, 9.17) is 10.8 Å². The summed E-state index contributed by atoms with van der Waals surface area (Å²) in [6, 6.07) is 6.22. The first-order valence-corrected chi connectivity index (χ1v) is 6.04. The Morgan fingerprint density at radius 1 is 1.33 bits per heavy atom. The van der Waals surface area contributed by atoms with Crippen molar-refractivity contribution in [1.29, 1.82) is 0 Å². The number of halogens is 1. The summed E-state index contributed by atoms with van der Waals surface area (Å²) in [5.74, 6) is -1.82. The highest BCUT2D eigenvalue weighted by Crippen LogP contribution is 2.28. The van der Waals surface area contributed by atoms with E-state index in [0.29, 0.717) is 17.0 Å². The fourth-order valence-electron chi connectivity index (χ4n) is 2.15. The number of nitrogens with zero attached hydrogens (tertiary/aromatic N) is 1. The molecular formula is C13H16ClN3O4. The maximum absolute atomic E-state index is 12.3. The monoisotopic (exact) mass is 313 g/mol. The Hall–Kier alpha value is -2.12. The summed E-state index contributed by atoms with van der Waals surface area (Å²) in [6.45, 7) is 1.27. The van der Waals surface area contributed by atoms with Crippen LogP contribution in [-0.4, -0.2) is 34.5 Å². The Morgan fingerprint density at radius 2 is 1.90 bits per heavy atom. The SMILES string of the molecule is C[C@@]1(c2ccc(CN)cc2)NC(=O)N(CC(=O)O)C1=O.Cl. The molecule has 0 unspecified atom stereocenters. The van der Waals surface area contributed by atoms with Gasteiger partial charge in [0.1, 0.15) is 12.1 Å². The molecule has 114 valence electrons. The molecule has 1 aliphatic heterocycles. The molecule has 4 N–H and O–H groups in total. The number of carbonyl (C=O) groups excluding carboxylic acids is 2. The van der Waals surface area contributed by atoms with Gasteiger partial charge in [-0.25, -0.2) is 4.79 Å². The number of carbonyl (C=O) groups is 3. The van der Waals surface area contributed by atoms with Crippen LogP contribution in [0.2, 0.25) is 0 Å². The highest BCUT2D eigenvalue weighted by atomic mass is 35.5. The summed E-state index contributed by atoms with van der Waals surface area (Å²) in [5, 5.41) is 11.3. The molecule has 1 aromatic carbocycles. The van der Waals surface area contributed by atoms with Crippen LogP contribution >= 0.6 is 12.4 Å². The largest absolute Gasteiger partial charge is 0.480 e. The maximum atomic E-state index is 12.3. The minimum absolute atomic E-state index is 0. The van der Waals surface area contributed by atoms with Crippen LogP contribution in [0, 0.1) is 0 Å². The number of benzene rings is 1. The molecule has 1 aliphatic rings. The van der Waals surface area contributed by atoms with Crippen LogP contribution in [0.15, 0.2) is 24.3 Å². The van der Waals surface area contributed by atoms with Crippen LogP contribution in [0.25, 0.3) is 0 Å². The van der Waals surface area contributed by atoms with Crippen molar-refractivity contribution in [3.63, 3.8) is 0 Å². The molecule has 1 saturated heterocycles. The second-order valence-electron chi connectivity index (χ2n) is 4.74. The fourth-order valence-corrected chi connectivity index (χ4v) is 2.15. The average Bonchev–Trinajstić information content (AvgIpc) is 2.63. The Kier molecular flexibility index (Phi) is 4.93. The van der Waals surface area contributed by atoms with Crippen LogP contribution in [0.3, 0.4) is 0 Å². The van der Waals surface area contributed by atoms with Gasteiger partial charge < -0.3 is 16.2 Å². The van der Waals surface area contributed by atoms with Crippen molar-refractivity contribution in [2.24, 2.45) is 5.73 Å². The molecule has 2 rings (SSSR count). The number of hydrogen-bond acceptors (Lipinski definition) is 4. The molecule has 0 radical (unpaired) electrons. The van der Waals surface area contributed by atoms with Crippen molar-refractivity contribution in [3.8, 4) is 0 Å². The van der Waals surface area contributed by atoms with Crippen molar-refractivity contribution in [2.45, 2.75) is 19.0 Å². The first-order chi connectivity index (χ1) is 9.38. The zero-order valence-corrected chi connectivity index (χ0v) is 12.1. The summed E-state index contributed by atoms with van der Waals surface area (Å²) in [6.07, 6.45) is 0. The lowest BCUT2D eigenvalue weighted by molar-refractivity contribution is -0.142. The first-order valence-electron chi connectivity index (χ1n) is 6.04. The second-order valence-corrected chi connectivity index (χ2v) is 4.74. The third kappa shape index (κ3) is 2.98. The van der Waals surface area contributed by atoms with Crippen molar-refractivity contribution >= 4 is 30.3 Å². The lowest BCUT2D eigenvalue weighted by atomic mass is 9.91. The molecule has 8 heteroatoms. The molecule has 0 spiro atoms. The van der Waals surface area contributed by atoms with Gasteiger partial charge in [0, 0.05) is 6.54 Å². The summed E-state index contributed by atoms with van der Waals surface area (Å²) in [5.41, 5.74) is 5.74. The molecule has 1 aromatic rings. The molecule has 1 atom stereocenters. The van der Waals surface area contributed by atoms with Gasteiger partial charge in [-0.15, -0.1) is 12.4 Å². The number of imide groups is 1. The number of urea groups is 1. The highest BCUT2D eigenvalue weighted by molar-refractivity contribution is 6.08. The third-order valence-corrected chi connectivity index (χ3v) is 3.34. The second kappa shape index (κ2) is 6.11. The number of hydrogen-bond donors (Lipinski definition) is 3. The van der Waals surface area contributed by atoms with Crippen molar-refractivity contribution < 1.29 is 19.5 Å². The van der Waals surface area contributed by atoms with Gasteiger partial charge in [0.2, 0.25) is 0 Å². The number of amides is 3. The number of carboxylic acid groups (broad SMARTS) is 1. The molecule has 7 nitrogen and oxygen atoms in total. The van der Waals surface area contributed by atoms with Gasteiger partial charge in [-0.3, -0.25) is 14.5 Å². The van der Waals surface area contributed by atoms with Gasteiger partial charge >= 0.3 is 12.0 Å². The maximum Gasteiger partial charge on any atom is 0.325 e. The van der Waals surface area contributed by atoms with Crippen molar-refractivity contribution in [1.82, 2.24) is 10.2 Å². The van der Waals surface area contributed by atoms with Gasteiger partial charge in [0.15, 0.2) is 0 Å². The van der Waals surface area contributed by atoms with E-state index in [0.717, 1.165) is 5.56 Å². The first kappa shape index (κ1) is 16.9. The zero-order chi connectivity index (χ0) is 14.9. The molecule has 3 amide bonds. The quantitative estimate of drug-likeness (QED) is 0.697. The lowest BCUT2D eigenvalue weighted by Gasteiger charge is -2.22. The predicted molar refractivity (Wildman–Crippen MR) is 76.8 cm³/mol. The summed E-state index contributed by atoms with van der Waals surface area (Å²) in [4.78, 5) is 35.4. The normalized spacial score (nSPS) is 21.0. The van der Waals surface area contributed by atoms with E-state index in [9.17, 15) is 14.4 Å². The number of nitrogens with one attached hydrogen (secondary N) is 1. The van der Waals surface area contributed by atoms with Crippen LogP contribution in [0.4, 0.5) is 4.79 Å². The van der Waals surface area contributed by atoms with Crippen LogP contribution in [-0.2, 0) is 21.7 Å². The van der Waals surface area contributed by atoms with E-state index in [1.807, 2.05) is 0 Å². The smallest absolute Gasteiger partial charge is 0.325 e. The van der Waals surface area contributed by atoms with Gasteiger partial charge in [-0.1, -0.05) is 24.3 Å². The standard InChI is InChI=1S/C13H15N3O4.ClH/c1-13(9-4-2-8(6-14)3-5-9)11(19)16(7-10(17)18)12(20)15-13;/h2-5H,6-7,14H2,1H3,(H,15,20)(H,17,18);1H/t13-;/m0./s1. The number of nitrogens with two attached hydrogens (primary N) is 1. The van der Waals surface area contributed by atoms with Gasteiger partial charge in [-0.2, -0.15) is 0 Å². The Balaban J connectivity index is 0.00000220. The molecule has 0 bridgehead atoms. The van der Waals surface area contributed by atoms with E-state index >= 15 is 0 Å². The molecule has 0 aromatic heterocycles. The Bertz CT molecular complexity index is 575. The van der Waals surface area contributed by atoms with E-state index in [-0.39, 0.29) is 12.4 Å².